The largest absolute Gasteiger partial charge is 0.455 e. The first kappa shape index (κ1) is 12.0. The third-order valence-corrected chi connectivity index (χ3v) is 2.38. The lowest BCUT2D eigenvalue weighted by Gasteiger charge is -2.09. The van der Waals surface area contributed by atoms with Gasteiger partial charge < -0.3 is 4.74 Å². The second kappa shape index (κ2) is 4.88. The van der Waals surface area contributed by atoms with Crippen molar-refractivity contribution in [2.75, 3.05) is 6.61 Å². The smallest absolute Gasteiger partial charge is 0.422 e. The number of carbonyl (C=O) groups excluding carboxylic acids is 1. The summed E-state index contributed by atoms with van der Waals surface area (Å²) in [7, 11) is 0. The zero-order chi connectivity index (χ0) is 9.78. The summed E-state index contributed by atoms with van der Waals surface area (Å²) in [5.74, 6) is -0.810. The first-order valence-corrected chi connectivity index (χ1v) is 4.49. The van der Waals surface area contributed by atoms with E-state index in [0.717, 1.165) is 0 Å². The Balaban J connectivity index is 3.72. The van der Waals surface area contributed by atoms with Crippen molar-refractivity contribution in [3.63, 3.8) is 0 Å². The van der Waals surface area contributed by atoms with Crippen LogP contribution in [0.1, 0.15) is 13.3 Å². The minimum atomic E-state index is -4.43. The zero-order valence-electron chi connectivity index (χ0n) is 6.32. The van der Waals surface area contributed by atoms with Crippen LogP contribution in [-0.4, -0.2) is 22.7 Å². The van der Waals surface area contributed by atoms with Crippen molar-refractivity contribution in [1.29, 1.82) is 0 Å². The summed E-state index contributed by atoms with van der Waals surface area (Å²) >= 11 is 1.74. The lowest BCUT2D eigenvalue weighted by molar-refractivity contribution is -0.185. The monoisotopic (exact) mass is 296 g/mol. The van der Waals surface area contributed by atoms with Gasteiger partial charge in [-0.25, -0.2) is 0 Å². The molecule has 0 spiro atoms. The molecule has 0 saturated carbocycles. The lowest BCUT2D eigenvalue weighted by atomic mass is 10.3. The number of halogens is 4. The van der Waals surface area contributed by atoms with Crippen LogP contribution >= 0.6 is 22.6 Å². The van der Waals surface area contributed by atoms with Gasteiger partial charge in [-0.3, -0.25) is 4.79 Å². The quantitative estimate of drug-likeness (QED) is 0.454. The molecule has 0 aromatic rings. The number of carbonyl (C=O) groups is 1. The van der Waals surface area contributed by atoms with Gasteiger partial charge in [0.15, 0.2) is 6.61 Å². The molecule has 0 amide bonds. The average molecular weight is 296 g/mol. The Morgan fingerprint density at radius 2 is 2.08 bits per heavy atom. The third kappa shape index (κ3) is 5.62. The molecule has 12 heavy (non-hydrogen) atoms. The van der Waals surface area contributed by atoms with Crippen LogP contribution in [0.25, 0.3) is 0 Å². The summed E-state index contributed by atoms with van der Waals surface area (Å²) in [5, 5.41) is 0. The van der Waals surface area contributed by atoms with Crippen molar-refractivity contribution in [3.8, 4) is 0 Å². The van der Waals surface area contributed by atoms with E-state index in [1.54, 1.807) is 29.5 Å². The van der Waals surface area contributed by atoms with Gasteiger partial charge in [0.2, 0.25) is 0 Å². The topological polar surface area (TPSA) is 26.3 Å². The molecule has 0 rings (SSSR count). The Bertz CT molecular complexity index is 157. The molecule has 72 valence electrons. The zero-order valence-corrected chi connectivity index (χ0v) is 8.48. The average Bonchev–Trinajstić information content (AvgIpc) is 1.97. The van der Waals surface area contributed by atoms with Crippen LogP contribution < -0.4 is 0 Å². The molecule has 0 bridgehead atoms. The molecule has 2 nitrogen and oxygen atoms in total. The van der Waals surface area contributed by atoms with E-state index < -0.39 is 22.7 Å². The maximum Gasteiger partial charge on any atom is 0.422 e. The fourth-order valence-corrected chi connectivity index (χ4v) is 0.590. The van der Waals surface area contributed by atoms with Gasteiger partial charge in [0.05, 0.1) is 0 Å². The summed E-state index contributed by atoms with van der Waals surface area (Å²) in [6, 6.07) is 0. The first-order chi connectivity index (χ1) is 5.37. The van der Waals surface area contributed by atoms with Crippen molar-refractivity contribution < 1.29 is 22.7 Å². The molecule has 6 heteroatoms. The summed E-state index contributed by atoms with van der Waals surface area (Å²) < 4.78 is 38.0. The highest BCUT2D eigenvalue weighted by Gasteiger charge is 2.30. The van der Waals surface area contributed by atoms with Crippen LogP contribution in [0.3, 0.4) is 0 Å². The van der Waals surface area contributed by atoms with Crippen LogP contribution in [0.4, 0.5) is 13.2 Å². The second-order valence-corrected chi connectivity index (χ2v) is 3.60. The molecule has 0 radical (unpaired) electrons. The predicted octanol–water partition coefficient (Wildman–Crippen LogP) is 2.31. The van der Waals surface area contributed by atoms with E-state index in [1.165, 1.54) is 0 Å². The Kier molecular flexibility index (Phi) is 4.88. The van der Waals surface area contributed by atoms with E-state index in [9.17, 15) is 18.0 Å². The number of hydrogen-bond acceptors (Lipinski definition) is 2. The van der Waals surface area contributed by atoms with E-state index in [4.69, 9.17) is 0 Å². The molecule has 0 aromatic heterocycles. The van der Waals surface area contributed by atoms with Crippen molar-refractivity contribution in [2.45, 2.75) is 23.4 Å². The Labute approximate surface area is 81.6 Å². The Hall–Kier alpha value is -0.0100. The van der Waals surface area contributed by atoms with Crippen LogP contribution in [0.2, 0.25) is 0 Å². The minimum Gasteiger partial charge on any atom is -0.455 e. The SMILES string of the molecule is CCC(I)C(=O)OCC(F)(F)F. The molecule has 0 saturated heterocycles. The van der Waals surface area contributed by atoms with Crippen molar-refractivity contribution in [1.82, 2.24) is 0 Å². The molecule has 0 aliphatic carbocycles. The molecule has 0 aliphatic rings. The number of hydrogen-bond donors (Lipinski definition) is 0. The lowest BCUT2D eigenvalue weighted by Crippen LogP contribution is -2.24. The first-order valence-electron chi connectivity index (χ1n) is 3.24. The van der Waals surface area contributed by atoms with Gasteiger partial charge >= 0.3 is 12.1 Å². The van der Waals surface area contributed by atoms with E-state index >= 15 is 0 Å². The molecule has 0 fully saturated rings. The van der Waals surface area contributed by atoms with Gasteiger partial charge in [-0.1, -0.05) is 29.5 Å². The molecule has 0 aliphatic heterocycles. The van der Waals surface area contributed by atoms with Gasteiger partial charge in [-0.2, -0.15) is 13.2 Å². The summed E-state index contributed by atoms with van der Waals surface area (Å²) in [6.07, 6.45) is -3.96. The van der Waals surface area contributed by atoms with Gasteiger partial charge in [0.25, 0.3) is 0 Å². The number of ether oxygens (including phenoxy) is 1. The van der Waals surface area contributed by atoms with Crippen molar-refractivity contribution in [2.24, 2.45) is 0 Å². The van der Waals surface area contributed by atoms with Gasteiger partial charge in [0, 0.05) is 0 Å². The van der Waals surface area contributed by atoms with E-state index in [1.807, 2.05) is 0 Å². The van der Waals surface area contributed by atoms with Crippen molar-refractivity contribution >= 4 is 28.6 Å². The summed E-state index contributed by atoms with van der Waals surface area (Å²) in [4.78, 5) is 10.7. The normalized spacial score (nSPS) is 14.1. The van der Waals surface area contributed by atoms with E-state index in [0.29, 0.717) is 6.42 Å². The highest BCUT2D eigenvalue weighted by Crippen LogP contribution is 2.16. The van der Waals surface area contributed by atoms with Gasteiger partial charge in [-0.05, 0) is 6.42 Å². The summed E-state index contributed by atoms with van der Waals surface area (Å²) in [5.41, 5.74) is 0. The highest BCUT2D eigenvalue weighted by atomic mass is 127. The summed E-state index contributed by atoms with van der Waals surface area (Å²) in [6.45, 7) is 0.206. The number of esters is 1. The predicted molar refractivity (Wildman–Crippen MR) is 45.1 cm³/mol. The Morgan fingerprint density at radius 1 is 1.58 bits per heavy atom. The molecule has 1 atom stereocenters. The molecule has 0 N–H and O–H groups in total. The number of rotatable bonds is 3. The van der Waals surface area contributed by atoms with Crippen molar-refractivity contribution in [3.05, 3.63) is 0 Å². The van der Waals surface area contributed by atoms with Crippen LogP contribution in [0.5, 0.6) is 0 Å². The maximum absolute atomic E-state index is 11.5. The maximum atomic E-state index is 11.5. The molecule has 1 unspecified atom stereocenters. The van der Waals surface area contributed by atoms with Crippen LogP contribution in [0, 0.1) is 0 Å². The third-order valence-electron chi connectivity index (χ3n) is 0.992. The minimum absolute atomic E-state index is 0.469. The van der Waals surface area contributed by atoms with Gasteiger partial charge in [-0.15, -0.1) is 0 Å². The molecular formula is C6H8F3IO2. The van der Waals surface area contributed by atoms with E-state index in [2.05, 4.69) is 4.74 Å². The Morgan fingerprint density at radius 3 is 2.42 bits per heavy atom. The van der Waals surface area contributed by atoms with Crippen LogP contribution in [0.15, 0.2) is 0 Å². The molecular weight excluding hydrogens is 288 g/mol. The standard InChI is InChI=1S/C6H8F3IO2/c1-2-4(10)5(11)12-3-6(7,8)9/h4H,2-3H2,1H3. The molecule has 0 heterocycles. The number of alkyl halides is 4. The second-order valence-electron chi connectivity index (χ2n) is 2.10. The fourth-order valence-electron chi connectivity index (χ4n) is 0.410. The highest BCUT2D eigenvalue weighted by molar-refractivity contribution is 14.1. The molecule has 0 aromatic carbocycles. The van der Waals surface area contributed by atoms with Gasteiger partial charge in [0.1, 0.15) is 3.92 Å². The fraction of sp³-hybridized carbons (Fsp3) is 0.833. The van der Waals surface area contributed by atoms with Crippen LogP contribution in [-0.2, 0) is 9.53 Å². The van der Waals surface area contributed by atoms with E-state index in [-0.39, 0.29) is 0 Å².